The van der Waals surface area contributed by atoms with E-state index in [4.69, 9.17) is 0 Å². The predicted octanol–water partition coefficient (Wildman–Crippen LogP) is -0.725. The highest BCUT2D eigenvalue weighted by Crippen LogP contribution is 1.83. The van der Waals surface area contributed by atoms with Crippen molar-refractivity contribution in [3.8, 4) is 0 Å². The lowest BCUT2D eigenvalue weighted by Crippen LogP contribution is -2.32. The van der Waals surface area contributed by atoms with Crippen LogP contribution in [-0.2, 0) is 14.4 Å². The van der Waals surface area contributed by atoms with Gasteiger partial charge in [0.05, 0.1) is 19.6 Å². The van der Waals surface area contributed by atoms with Crippen LogP contribution in [0, 0.1) is 0 Å². The molecule has 11 heavy (non-hydrogen) atoms. The second kappa shape index (κ2) is 5.73. The molecule has 4 nitrogen and oxygen atoms in total. The first kappa shape index (κ1) is 9.97. The van der Waals surface area contributed by atoms with Gasteiger partial charge in [-0.2, -0.15) is 0 Å². The molecule has 0 heterocycles. The van der Waals surface area contributed by atoms with E-state index in [-0.39, 0.29) is 25.4 Å². The minimum Gasteiger partial charge on any atom is -0.302 e. The molecule has 0 fully saturated rings. The second-order valence-corrected chi connectivity index (χ2v) is 2.23. The van der Waals surface area contributed by atoms with E-state index < -0.39 is 0 Å². The molecular weight excluding hydrogens is 146 g/mol. The SMILES string of the molecule is CC(=O)CN(CC=O)CC=O. The summed E-state index contributed by atoms with van der Waals surface area (Å²) in [6.07, 6.45) is 1.35. The van der Waals surface area contributed by atoms with E-state index in [1.807, 2.05) is 0 Å². The Balaban J connectivity index is 3.76. The van der Waals surface area contributed by atoms with Crippen LogP contribution >= 0.6 is 0 Å². The fourth-order valence-electron chi connectivity index (χ4n) is 0.729. The summed E-state index contributed by atoms with van der Waals surface area (Å²) >= 11 is 0. The van der Waals surface area contributed by atoms with Crippen molar-refractivity contribution in [2.45, 2.75) is 6.92 Å². The van der Waals surface area contributed by atoms with E-state index in [1.165, 1.54) is 11.8 Å². The van der Waals surface area contributed by atoms with Gasteiger partial charge in [0, 0.05) is 0 Å². The van der Waals surface area contributed by atoms with Crippen molar-refractivity contribution in [1.82, 2.24) is 4.90 Å². The number of rotatable bonds is 6. The minimum absolute atomic E-state index is 0.0475. The quantitative estimate of drug-likeness (QED) is 0.477. The summed E-state index contributed by atoms with van der Waals surface area (Å²) in [6.45, 7) is 1.86. The van der Waals surface area contributed by atoms with Gasteiger partial charge < -0.3 is 9.59 Å². The number of hydrogen-bond donors (Lipinski definition) is 0. The zero-order valence-corrected chi connectivity index (χ0v) is 6.45. The number of Topliss-reactive ketones (excluding diaryl/α,β-unsaturated/α-hetero) is 1. The normalized spacial score (nSPS) is 9.64. The number of aldehydes is 2. The smallest absolute Gasteiger partial charge is 0.143 e. The maximum atomic E-state index is 10.5. The Bertz CT molecular complexity index is 146. The molecule has 0 bridgehead atoms. The number of hydrogen-bond acceptors (Lipinski definition) is 4. The number of carbonyl (C=O) groups is 3. The molecule has 0 unspecified atom stereocenters. The van der Waals surface area contributed by atoms with E-state index in [2.05, 4.69) is 0 Å². The van der Waals surface area contributed by atoms with Gasteiger partial charge in [-0.15, -0.1) is 0 Å². The van der Waals surface area contributed by atoms with Crippen LogP contribution in [0.1, 0.15) is 6.92 Å². The van der Waals surface area contributed by atoms with E-state index in [0.717, 1.165) is 0 Å². The molecular formula is C7H11NO3. The third-order valence-electron chi connectivity index (χ3n) is 1.11. The van der Waals surface area contributed by atoms with Crippen LogP contribution in [0.15, 0.2) is 0 Å². The summed E-state index contributed by atoms with van der Waals surface area (Å²) in [6, 6.07) is 0. The molecule has 0 radical (unpaired) electrons. The van der Waals surface area contributed by atoms with Gasteiger partial charge in [-0.05, 0) is 6.92 Å². The summed E-state index contributed by atoms with van der Waals surface area (Å²) in [5.74, 6) is -0.0475. The Morgan fingerprint density at radius 3 is 2.00 bits per heavy atom. The van der Waals surface area contributed by atoms with Crippen LogP contribution in [0.2, 0.25) is 0 Å². The van der Waals surface area contributed by atoms with E-state index in [1.54, 1.807) is 0 Å². The fraction of sp³-hybridized carbons (Fsp3) is 0.571. The third kappa shape index (κ3) is 5.42. The zero-order chi connectivity index (χ0) is 8.69. The monoisotopic (exact) mass is 157 g/mol. The van der Waals surface area contributed by atoms with Gasteiger partial charge in [0.2, 0.25) is 0 Å². The topological polar surface area (TPSA) is 54.5 Å². The van der Waals surface area contributed by atoms with Crippen LogP contribution < -0.4 is 0 Å². The third-order valence-corrected chi connectivity index (χ3v) is 1.11. The largest absolute Gasteiger partial charge is 0.302 e. The lowest BCUT2D eigenvalue weighted by Gasteiger charge is -2.13. The predicted molar refractivity (Wildman–Crippen MR) is 39.2 cm³/mol. The Morgan fingerprint density at radius 2 is 1.73 bits per heavy atom. The number of nitrogens with zero attached hydrogens (tertiary/aromatic N) is 1. The molecule has 62 valence electrons. The molecule has 0 amide bonds. The molecule has 0 aliphatic heterocycles. The Morgan fingerprint density at radius 1 is 1.27 bits per heavy atom. The molecule has 0 spiro atoms. The van der Waals surface area contributed by atoms with Gasteiger partial charge in [0.1, 0.15) is 18.4 Å². The Labute approximate surface area is 65.2 Å². The maximum absolute atomic E-state index is 10.5. The molecule has 0 aromatic heterocycles. The highest BCUT2D eigenvalue weighted by atomic mass is 16.1. The number of ketones is 1. The molecule has 4 heteroatoms. The van der Waals surface area contributed by atoms with Gasteiger partial charge in [-0.1, -0.05) is 0 Å². The van der Waals surface area contributed by atoms with Crippen LogP contribution in [-0.4, -0.2) is 42.9 Å². The van der Waals surface area contributed by atoms with Crippen LogP contribution in [0.3, 0.4) is 0 Å². The standard InChI is InChI=1S/C7H11NO3/c1-7(11)6-8(2-4-9)3-5-10/h4-5H,2-3,6H2,1H3. The second-order valence-electron chi connectivity index (χ2n) is 2.23. The van der Waals surface area contributed by atoms with Gasteiger partial charge in [0.15, 0.2) is 0 Å². The van der Waals surface area contributed by atoms with E-state index in [0.29, 0.717) is 12.6 Å². The summed E-state index contributed by atoms with van der Waals surface area (Å²) in [5, 5.41) is 0. The van der Waals surface area contributed by atoms with Crippen molar-refractivity contribution in [1.29, 1.82) is 0 Å². The molecule has 0 rings (SSSR count). The van der Waals surface area contributed by atoms with Crippen molar-refractivity contribution in [2.75, 3.05) is 19.6 Å². The molecule has 0 aromatic rings. The fourth-order valence-corrected chi connectivity index (χ4v) is 0.729. The van der Waals surface area contributed by atoms with Gasteiger partial charge in [-0.25, -0.2) is 0 Å². The van der Waals surface area contributed by atoms with Gasteiger partial charge >= 0.3 is 0 Å². The number of carbonyl (C=O) groups excluding carboxylic acids is 3. The van der Waals surface area contributed by atoms with Crippen molar-refractivity contribution in [3.05, 3.63) is 0 Å². The van der Waals surface area contributed by atoms with Crippen molar-refractivity contribution in [2.24, 2.45) is 0 Å². The molecule has 0 atom stereocenters. The lowest BCUT2D eigenvalue weighted by molar-refractivity contribution is -0.119. The van der Waals surface area contributed by atoms with E-state index >= 15 is 0 Å². The molecule has 0 aliphatic carbocycles. The first-order valence-electron chi connectivity index (χ1n) is 3.29. The minimum atomic E-state index is -0.0475. The first-order valence-corrected chi connectivity index (χ1v) is 3.29. The maximum Gasteiger partial charge on any atom is 0.143 e. The van der Waals surface area contributed by atoms with Crippen LogP contribution in [0.5, 0.6) is 0 Å². The van der Waals surface area contributed by atoms with Crippen molar-refractivity contribution >= 4 is 18.4 Å². The Kier molecular flexibility index (Phi) is 5.20. The highest BCUT2D eigenvalue weighted by molar-refractivity contribution is 5.78. The zero-order valence-electron chi connectivity index (χ0n) is 6.45. The first-order chi connectivity index (χ1) is 5.20. The van der Waals surface area contributed by atoms with Crippen molar-refractivity contribution in [3.63, 3.8) is 0 Å². The highest BCUT2D eigenvalue weighted by Gasteiger charge is 2.04. The van der Waals surface area contributed by atoms with Crippen LogP contribution in [0.4, 0.5) is 0 Å². The molecule has 0 aromatic carbocycles. The summed E-state index contributed by atoms with van der Waals surface area (Å²) in [5.41, 5.74) is 0. The molecule has 0 saturated heterocycles. The molecule has 0 aliphatic rings. The van der Waals surface area contributed by atoms with Crippen molar-refractivity contribution < 1.29 is 14.4 Å². The Hall–Kier alpha value is -1.03. The average molecular weight is 157 g/mol. The molecule has 0 N–H and O–H groups in total. The molecule has 0 saturated carbocycles. The lowest BCUT2D eigenvalue weighted by atomic mass is 10.4. The van der Waals surface area contributed by atoms with Gasteiger partial charge in [0.25, 0.3) is 0 Å². The summed E-state index contributed by atoms with van der Waals surface area (Å²) in [4.78, 5) is 32.0. The van der Waals surface area contributed by atoms with E-state index in [9.17, 15) is 14.4 Å². The van der Waals surface area contributed by atoms with Gasteiger partial charge in [-0.3, -0.25) is 9.69 Å². The van der Waals surface area contributed by atoms with Crippen LogP contribution in [0.25, 0.3) is 0 Å². The average Bonchev–Trinajstić information content (AvgIpc) is 1.87. The summed E-state index contributed by atoms with van der Waals surface area (Å²) < 4.78 is 0. The summed E-state index contributed by atoms with van der Waals surface area (Å²) in [7, 11) is 0.